The average molecular weight is 476 g/mol. The topological polar surface area (TPSA) is 90.7 Å². The third-order valence-electron chi connectivity index (χ3n) is 5.51. The van der Waals surface area contributed by atoms with E-state index in [1.165, 1.54) is 17.9 Å². The molecular weight excluding hydrogens is 449 g/mol. The number of thiocarbonyl (C=S) groups is 1. The van der Waals surface area contributed by atoms with E-state index in [0.717, 1.165) is 5.57 Å². The number of carbonyl (C=O) groups excluding carboxylic acids is 1. The van der Waals surface area contributed by atoms with Gasteiger partial charge in [0.2, 0.25) is 0 Å². The summed E-state index contributed by atoms with van der Waals surface area (Å²) >= 11 is 4.93. The number of amides is 1. The van der Waals surface area contributed by atoms with E-state index in [1.807, 2.05) is 6.08 Å². The molecule has 0 bridgehead atoms. The quantitative estimate of drug-likeness (QED) is 0.659. The minimum atomic E-state index is -0.750. The number of nitrogens with one attached hydrogen (secondary N) is 1. The van der Waals surface area contributed by atoms with Crippen LogP contribution in [0.3, 0.4) is 0 Å². The Hall–Kier alpha value is -2.89. The van der Waals surface area contributed by atoms with Crippen molar-refractivity contribution in [3.63, 3.8) is 0 Å². The third-order valence-corrected chi connectivity index (χ3v) is 5.82. The molecule has 1 N–H and O–H groups in total. The van der Waals surface area contributed by atoms with Crippen LogP contribution in [0.25, 0.3) is 11.3 Å². The van der Waals surface area contributed by atoms with Crippen LogP contribution < -0.4 is 5.32 Å². The number of halogens is 1. The first kappa shape index (κ1) is 23.3. The summed E-state index contributed by atoms with van der Waals surface area (Å²) in [6.45, 7) is 5.07. The van der Waals surface area contributed by atoms with Crippen LogP contribution in [0.4, 0.5) is 4.39 Å². The first-order valence-corrected chi connectivity index (χ1v) is 11.0. The molecule has 1 amide bonds. The molecule has 1 aromatic carbocycles. The van der Waals surface area contributed by atoms with E-state index >= 15 is 0 Å². The molecule has 33 heavy (non-hydrogen) atoms. The lowest BCUT2D eigenvalue weighted by Gasteiger charge is -2.29. The second-order valence-electron chi connectivity index (χ2n) is 8.24. The number of carbonyl (C=O) groups is 1. The molecule has 2 aliphatic heterocycles. The highest BCUT2D eigenvalue weighted by atomic mass is 32.1. The van der Waals surface area contributed by atoms with E-state index in [0.29, 0.717) is 43.0 Å². The maximum atomic E-state index is 14.9. The van der Waals surface area contributed by atoms with Gasteiger partial charge in [0, 0.05) is 24.7 Å². The molecule has 0 unspecified atom stereocenters. The van der Waals surface area contributed by atoms with Crippen molar-refractivity contribution in [3.8, 4) is 5.69 Å². The summed E-state index contributed by atoms with van der Waals surface area (Å²) in [6.07, 6.45) is 3.54. The molecule has 1 saturated heterocycles. The fourth-order valence-corrected chi connectivity index (χ4v) is 3.85. The molecule has 0 aliphatic carbocycles. The Morgan fingerprint density at radius 1 is 1.42 bits per heavy atom. The van der Waals surface area contributed by atoms with Crippen molar-refractivity contribution in [1.29, 1.82) is 0 Å². The van der Waals surface area contributed by atoms with Crippen LogP contribution in [0, 0.1) is 5.82 Å². The van der Waals surface area contributed by atoms with Crippen molar-refractivity contribution in [2.75, 3.05) is 26.8 Å². The van der Waals surface area contributed by atoms with Gasteiger partial charge in [-0.3, -0.25) is 4.79 Å². The molecule has 0 radical (unpaired) electrons. The van der Waals surface area contributed by atoms with Crippen LogP contribution in [0.2, 0.25) is 0 Å². The zero-order valence-corrected chi connectivity index (χ0v) is 19.5. The predicted molar refractivity (Wildman–Crippen MR) is 122 cm³/mol. The van der Waals surface area contributed by atoms with Crippen molar-refractivity contribution in [2.45, 2.75) is 38.7 Å². The lowest BCUT2D eigenvalue weighted by atomic mass is 9.98. The van der Waals surface area contributed by atoms with Crippen molar-refractivity contribution >= 4 is 28.9 Å². The number of nitrogens with zero attached hydrogens (tertiary/aromatic N) is 4. The van der Waals surface area contributed by atoms with Crippen LogP contribution in [0.15, 0.2) is 30.5 Å². The smallest absolute Gasteiger partial charge is 0.256 e. The second kappa shape index (κ2) is 9.54. The van der Waals surface area contributed by atoms with E-state index in [2.05, 4.69) is 15.6 Å². The second-order valence-corrected chi connectivity index (χ2v) is 8.62. The highest BCUT2D eigenvalue weighted by Gasteiger charge is 2.39. The molecule has 1 fully saturated rings. The van der Waals surface area contributed by atoms with Gasteiger partial charge in [0.15, 0.2) is 11.9 Å². The lowest BCUT2D eigenvalue weighted by Crippen LogP contribution is -2.43. The molecule has 9 nitrogen and oxygen atoms in total. The maximum Gasteiger partial charge on any atom is 0.256 e. The van der Waals surface area contributed by atoms with E-state index in [1.54, 1.807) is 37.1 Å². The Morgan fingerprint density at radius 2 is 2.24 bits per heavy atom. The predicted octanol–water partition coefficient (Wildman–Crippen LogP) is 2.19. The molecule has 176 valence electrons. The van der Waals surface area contributed by atoms with Crippen LogP contribution in [0.5, 0.6) is 0 Å². The van der Waals surface area contributed by atoms with Crippen LogP contribution in [0.1, 0.15) is 31.5 Å². The van der Waals surface area contributed by atoms with Crippen molar-refractivity contribution in [2.24, 2.45) is 0 Å². The van der Waals surface area contributed by atoms with Gasteiger partial charge in [-0.15, -0.1) is 5.10 Å². The minimum absolute atomic E-state index is 0.102. The van der Waals surface area contributed by atoms with Crippen molar-refractivity contribution in [3.05, 3.63) is 47.5 Å². The number of hydrogen-bond acceptors (Lipinski definition) is 7. The van der Waals surface area contributed by atoms with Gasteiger partial charge in [-0.05, 0) is 50.2 Å². The van der Waals surface area contributed by atoms with E-state index in [9.17, 15) is 9.18 Å². The Morgan fingerprint density at radius 3 is 2.88 bits per heavy atom. The molecule has 3 heterocycles. The van der Waals surface area contributed by atoms with Gasteiger partial charge in [0.05, 0.1) is 32.1 Å². The van der Waals surface area contributed by atoms with Gasteiger partial charge in [0.1, 0.15) is 11.5 Å². The zero-order chi connectivity index (χ0) is 23.6. The standard InChI is InChI=1S/C22H26FN5O4S/c1-22(2)31-13-19(32-22)20(29)27-8-6-14(7-9-27)17-5-4-16(10-18(17)23)28-12-15(25-26-28)11-24-21(33)30-3/h4-6,10,12,19H,7-9,11,13H2,1-3H3,(H,24,33)/t19-/m1/s1. The molecule has 11 heteroatoms. The van der Waals surface area contributed by atoms with Gasteiger partial charge in [-0.2, -0.15) is 0 Å². The molecule has 2 aliphatic rings. The summed E-state index contributed by atoms with van der Waals surface area (Å²) in [5.74, 6) is -1.21. The Kier molecular flexibility index (Phi) is 6.73. The normalized spacial score (nSPS) is 19.8. The molecule has 1 atom stereocenters. The summed E-state index contributed by atoms with van der Waals surface area (Å²) in [7, 11) is 1.48. The Bertz CT molecular complexity index is 1090. The first-order valence-electron chi connectivity index (χ1n) is 10.6. The third kappa shape index (κ3) is 5.37. The van der Waals surface area contributed by atoms with E-state index < -0.39 is 11.9 Å². The number of rotatable bonds is 5. The summed E-state index contributed by atoms with van der Waals surface area (Å²) in [4.78, 5) is 14.4. The van der Waals surface area contributed by atoms with Crippen molar-refractivity contribution < 1.29 is 23.4 Å². The molecule has 0 saturated carbocycles. The van der Waals surface area contributed by atoms with Gasteiger partial charge < -0.3 is 24.4 Å². The largest absolute Gasteiger partial charge is 0.474 e. The summed E-state index contributed by atoms with van der Waals surface area (Å²) < 4.78 is 32.5. The molecule has 4 rings (SSSR count). The average Bonchev–Trinajstić information content (AvgIpc) is 3.43. The van der Waals surface area contributed by atoms with Gasteiger partial charge in [0.25, 0.3) is 11.1 Å². The molecule has 2 aromatic rings. The fraction of sp³-hybridized carbons (Fsp3) is 0.455. The van der Waals surface area contributed by atoms with Gasteiger partial charge in [-0.25, -0.2) is 9.07 Å². The fourth-order valence-electron chi connectivity index (χ4n) is 3.77. The number of ether oxygens (including phenoxy) is 3. The summed E-state index contributed by atoms with van der Waals surface area (Å²) in [6, 6.07) is 4.93. The lowest BCUT2D eigenvalue weighted by molar-refractivity contribution is -0.159. The Labute approximate surface area is 196 Å². The highest BCUT2D eigenvalue weighted by molar-refractivity contribution is 7.80. The van der Waals surface area contributed by atoms with Crippen LogP contribution in [-0.4, -0.2) is 69.7 Å². The molecule has 1 aromatic heterocycles. The minimum Gasteiger partial charge on any atom is -0.474 e. The van der Waals surface area contributed by atoms with Crippen LogP contribution in [-0.2, 0) is 25.5 Å². The molecular formula is C22H26FN5O4S. The van der Waals surface area contributed by atoms with E-state index in [-0.39, 0.29) is 23.5 Å². The summed E-state index contributed by atoms with van der Waals surface area (Å²) in [5.41, 5.74) is 2.57. The van der Waals surface area contributed by atoms with Crippen LogP contribution >= 0.6 is 12.2 Å². The first-order chi connectivity index (χ1) is 15.8. The van der Waals surface area contributed by atoms with Crippen molar-refractivity contribution in [1.82, 2.24) is 25.2 Å². The zero-order valence-electron chi connectivity index (χ0n) is 18.7. The Balaban J connectivity index is 1.40. The number of methoxy groups -OCH3 is 1. The number of hydrogen-bond donors (Lipinski definition) is 1. The van der Waals surface area contributed by atoms with E-state index in [4.69, 9.17) is 26.4 Å². The summed E-state index contributed by atoms with van der Waals surface area (Å²) in [5, 5.41) is 11.2. The molecule has 0 spiro atoms. The van der Waals surface area contributed by atoms with Gasteiger partial charge >= 0.3 is 0 Å². The SMILES string of the molecule is COC(=S)NCc1cn(-c2ccc(C3=CCN(C(=O)[C@H]4COC(C)(C)O4)CC3)c(F)c2)nn1. The number of aromatic nitrogens is 3. The highest BCUT2D eigenvalue weighted by Crippen LogP contribution is 2.28. The maximum absolute atomic E-state index is 14.9. The van der Waals surface area contributed by atoms with Gasteiger partial charge in [-0.1, -0.05) is 11.3 Å². The number of benzene rings is 1. The monoisotopic (exact) mass is 475 g/mol.